The van der Waals surface area contributed by atoms with Crippen molar-refractivity contribution in [1.29, 1.82) is 15.8 Å². The highest BCUT2D eigenvalue weighted by Crippen LogP contribution is 2.48. The predicted octanol–water partition coefficient (Wildman–Crippen LogP) is 16.3. The number of nitrogens with one attached hydrogen (secondary N) is 2. The third kappa shape index (κ3) is 17.1. The normalized spacial score (nSPS) is 18.6. The van der Waals surface area contributed by atoms with Gasteiger partial charge in [0.1, 0.15) is 35.4 Å². The summed E-state index contributed by atoms with van der Waals surface area (Å²) in [5, 5.41) is 60.7. The summed E-state index contributed by atoms with van der Waals surface area (Å²) >= 11 is 29.6. The molecule has 0 radical (unpaired) electrons. The van der Waals surface area contributed by atoms with Gasteiger partial charge in [-0.1, -0.05) is 95.8 Å². The van der Waals surface area contributed by atoms with Crippen molar-refractivity contribution >= 4 is 128 Å². The second kappa shape index (κ2) is 34.1. The smallest absolute Gasteiger partial charge is 0.354 e. The number of anilines is 4. The SMILES string of the molecule is Cl.N#Cc1ccc(F)cc1Cl.N#Cc1ccc(NN)cc1Cl.N#Cc1ccc(NN)cc1Cl.[C-]#[N+]c1ccc(N2N=C3c4ccc(C(=O)N5CCC(O)CC5)nc4CC[C@@H]3[C@@H]2C2CCCC2)cc1Cl.[C-]#[N+]c1ccc(N2N=C3c4ccc(C(=O)O)nc4CC[C@@H]3[C@@H]2C2CCCC2)cc1Cl. The van der Waals surface area contributed by atoms with E-state index in [9.17, 15) is 24.2 Å². The Hall–Kier alpha value is -9.12. The van der Waals surface area contributed by atoms with E-state index in [0.717, 1.165) is 77.1 Å². The monoisotopic (exact) mass is 1450 g/mol. The Balaban J connectivity index is 0.000000161. The second-order valence-corrected chi connectivity index (χ2v) is 26.4. The number of hydrazone groups is 2. The molecule has 7 aliphatic rings. The Morgan fingerprint density at radius 3 is 1.35 bits per heavy atom. The molecule has 2 aromatic heterocycles. The first kappa shape index (κ1) is 74.1. The van der Waals surface area contributed by atoms with E-state index in [1.165, 1.54) is 63.5 Å². The standard InChI is InChI=1S/C28H30ClN5O2.C23H21ClN4O2.C7H3ClFN.2C7H6ClN3.ClH/c1-30-24-9-6-18(16-22(24)29)34-27(17-4-2-3-5-17)21-8-10-23-20(26(21)32-34)7-11-25(31-23)28(36)33-14-12-19(35)13-15-33;1-25-19-9-6-14(12-17(19)24)28-22(13-4-2-3-5-13)16-8-10-18-15(21(16)27-28)7-11-20(26-18)23(29)30;8-7-3-6(9)2-1-5(7)4-10;2*8-7-3-6(11-10)2-1-5(7)4-9;/h6-7,9,11,16-17,19,21,27,35H,2-5,8,10,12-15H2;6-7,9,11-13,16,22H,2-5,8,10H2,(H,29,30);1-3H;2*1-3,11H,10H2;1H/t21-,27-;16-,22-;;;;/m00..../s1. The summed E-state index contributed by atoms with van der Waals surface area (Å²) in [5.41, 5.74) is 16.6. The van der Waals surface area contributed by atoms with Crippen molar-refractivity contribution in [3.8, 4) is 18.2 Å². The van der Waals surface area contributed by atoms with Gasteiger partial charge in [-0.2, -0.15) is 26.0 Å². The molecule has 2 saturated carbocycles. The van der Waals surface area contributed by atoms with E-state index in [1.54, 1.807) is 59.5 Å². The minimum absolute atomic E-state index is 0. The van der Waals surface area contributed by atoms with E-state index in [4.69, 9.17) is 114 Å². The first-order valence-electron chi connectivity index (χ1n) is 31.9. The lowest BCUT2D eigenvalue weighted by molar-refractivity contribution is 0.0540. The van der Waals surface area contributed by atoms with Gasteiger partial charge in [-0.3, -0.25) is 26.5 Å². The number of hydrazine groups is 2. The van der Waals surface area contributed by atoms with E-state index < -0.39 is 11.8 Å². The molecule has 4 aliphatic carbocycles. The minimum atomic E-state index is -1.01. The third-order valence-electron chi connectivity index (χ3n) is 18.6. The number of piperidine rings is 1. The van der Waals surface area contributed by atoms with Crippen LogP contribution < -0.4 is 32.6 Å². The molecular weight excluding hydrogens is 1380 g/mol. The van der Waals surface area contributed by atoms with Crippen LogP contribution in [0.4, 0.5) is 38.5 Å². The number of aliphatic hydroxyl groups excluding tert-OH is 1. The summed E-state index contributed by atoms with van der Waals surface area (Å²) in [6.45, 7) is 15.7. The number of aliphatic hydroxyl groups is 1. The third-order valence-corrected chi connectivity index (χ3v) is 20.1. The summed E-state index contributed by atoms with van der Waals surface area (Å²) in [6, 6.07) is 38.1. The number of carbonyl (C=O) groups excluding carboxylic acids is 1. The largest absolute Gasteiger partial charge is 0.477 e. The number of halogens is 7. The Kier molecular flexibility index (Phi) is 25.5. The number of amides is 1. The van der Waals surface area contributed by atoms with Crippen LogP contribution in [0.15, 0.2) is 125 Å². The van der Waals surface area contributed by atoms with Crippen LogP contribution >= 0.6 is 70.4 Å². The number of nitrogens with two attached hydrogens (primary N) is 2. The van der Waals surface area contributed by atoms with Crippen LogP contribution in [0.5, 0.6) is 0 Å². The van der Waals surface area contributed by atoms with Crippen LogP contribution in [-0.4, -0.2) is 79.7 Å². The van der Waals surface area contributed by atoms with Crippen molar-refractivity contribution in [3.05, 3.63) is 220 Å². The number of aromatic nitrogens is 2. The van der Waals surface area contributed by atoms with Crippen molar-refractivity contribution in [3.63, 3.8) is 0 Å². The number of fused-ring (bicyclic) bond motifs is 6. The number of carboxylic acids is 1. The average molecular weight is 1450 g/mol. The molecule has 3 fully saturated rings. The number of nitriles is 3. The van der Waals surface area contributed by atoms with Gasteiger partial charge >= 0.3 is 5.97 Å². The number of carboxylic acid groups (broad SMARTS) is 1. The van der Waals surface area contributed by atoms with E-state index >= 15 is 0 Å². The number of aromatic carboxylic acids is 1. The first-order chi connectivity index (χ1) is 47.4. The van der Waals surface area contributed by atoms with Crippen molar-refractivity contribution in [2.75, 3.05) is 34.0 Å². The topological polar surface area (TPSA) is 291 Å². The number of rotatable bonds is 8. The van der Waals surface area contributed by atoms with Gasteiger partial charge in [-0.15, -0.1) is 12.4 Å². The first-order valence-corrected chi connectivity index (χ1v) is 33.8. The average Bonchev–Trinajstić information content (AvgIpc) is 1.61. The zero-order valence-corrected chi connectivity index (χ0v) is 57.8. The summed E-state index contributed by atoms with van der Waals surface area (Å²) in [6.07, 6.45) is 14.2. The van der Waals surface area contributed by atoms with Crippen molar-refractivity contribution in [2.24, 2.45) is 45.6 Å². The molecule has 27 heteroatoms. The summed E-state index contributed by atoms with van der Waals surface area (Å²) in [5.74, 6) is 10.5. The van der Waals surface area contributed by atoms with Gasteiger partial charge in [-0.05, 0) is 179 Å². The Morgan fingerprint density at radius 2 is 0.970 bits per heavy atom. The van der Waals surface area contributed by atoms with Crippen molar-refractivity contribution in [1.82, 2.24) is 14.9 Å². The van der Waals surface area contributed by atoms with Crippen LogP contribution in [0.1, 0.15) is 137 Å². The second-order valence-electron chi connectivity index (χ2n) is 24.4. The number of benzene rings is 5. The molecule has 3 aliphatic heterocycles. The lowest BCUT2D eigenvalue weighted by atomic mass is 9.76. The zero-order valence-electron chi connectivity index (χ0n) is 53.2. The number of pyridine rings is 2. The molecule has 0 bridgehead atoms. The van der Waals surface area contributed by atoms with Crippen LogP contribution in [0.3, 0.4) is 0 Å². The van der Waals surface area contributed by atoms with Gasteiger partial charge in [0.05, 0.1) is 109 Å². The molecule has 0 unspecified atom stereocenters. The Labute approximate surface area is 604 Å². The van der Waals surface area contributed by atoms with E-state index in [1.807, 2.05) is 60.7 Å². The summed E-state index contributed by atoms with van der Waals surface area (Å²) in [7, 11) is 0. The maximum atomic E-state index is 13.1. The van der Waals surface area contributed by atoms with Crippen LogP contribution in [-0.2, 0) is 12.8 Å². The highest BCUT2D eigenvalue weighted by molar-refractivity contribution is 6.34. The van der Waals surface area contributed by atoms with Crippen LogP contribution in [0.25, 0.3) is 9.69 Å². The number of nitrogens with zero attached hydrogens (tertiary/aromatic N) is 12. The fraction of sp³-hybridized carbons (Fsp3) is 0.319. The van der Waals surface area contributed by atoms with Crippen LogP contribution in [0.2, 0.25) is 25.1 Å². The molecule has 8 N–H and O–H groups in total. The fourth-order valence-electron chi connectivity index (χ4n) is 13.7. The predicted molar refractivity (Wildman–Crippen MR) is 386 cm³/mol. The molecule has 1 saturated heterocycles. The van der Waals surface area contributed by atoms with E-state index in [-0.39, 0.29) is 53.1 Å². The summed E-state index contributed by atoms with van der Waals surface area (Å²) < 4.78 is 12.3. The van der Waals surface area contributed by atoms with Gasteiger partial charge in [0.25, 0.3) is 5.91 Å². The maximum absolute atomic E-state index is 13.1. The number of likely N-dealkylation sites (tertiary alicyclic amines) is 1. The highest BCUT2D eigenvalue weighted by Gasteiger charge is 2.48. The van der Waals surface area contributed by atoms with Gasteiger partial charge < -0.3 is 26.0 Å². The molecule has 5 aromatic carbocycles. The van der Waals surface area contributed by atoms with E-state index in [2.05, 4.69) is 35.5 Å². The molecule has 20 nitrogen and oxygen atoms in total. The van der Waals surface area contributed by atoms with Gasteiger partial charge in [0, 0.05) is 46.1 Å². The van der Waals surface area contributed by atoms with Gasteiger partial charge in [-0.25, -0.2) is 28.8 Å². The molecule has 508 valence electrons. The number of hydrogen-bond donors (Lipinski definition) is 6. The highest BCUT2D eigenvalue weighted by atomic mass is 35.5. The quantitative estimate of drug-likeness (QED) is 0.0468. The lowest BCUT2D eigenvalue weighted by Crippen LogP contribution is -2.41. The van der Waals surface area contributed by atoms with Crippen LogP contribution in [0, 0.1) is 76.6 Å². The lowest BCUT2D eigenvalue weighted by Gasteiger charge is -2.34. The number of aryl methyl sites for hydroxylation is 2. The molecule has 99 heavy (non-hydrogen) atoms. The fourth-order valence-corrected chi connectivity index (χ4v) is 14.8. The van der Waals surface area contributed by atoms with Gasteiger partial charge in [0.15, 0.2) is 0 Å². The summed E-state index contributed by atoms with van der Waals surface area (Å²) in [4.78, 5) is 42.4. The molecular formula is C72H67Cl6FN16O4. The molecule has 14 rings (SSSR count). The molecule has 7 aromatic rings. The Bertz CT molecular complexity index is 4390. The number of hydrogen-bond acceptors (Lipinski definition) is 16. The maximum Gasteiger partial charge on any atom is 0.354 e. The molecule has 4 atom stereocenters. The zero-order chi connectivity index (χ0) is 69.7. The molecule has 0 spiro atoms. The van der Waals surface area contributed by atoms with Crippen molar-refractivity contribution < 1.29 is 24.2 Å². The number of nitrogen functional groups attached to an aromatic ring is 2. The number of carbonyl (C=O) groups is 2. The van der Waals surface area contributed by atoms with Gasteiger partial charge in [0.2, 0.25) is 11.4 Å². The minimum Gasteiger partial charge on any atom is -0.477 e. The van der Waals surface area contributed by atoms with E-state index in [0.29, 0.717) is 109 Å². The molecule has 5 heterocycles. The van der Waals surface area contributed by atoms with Crippen molar-refractivity contribution in [2.45, 2.75) is 108 Å². The Morgan fingerprint density at radius 1 is 0.556 bits per heavy atom. The molecule has 1 amide bonds.